The first-order chi connectivity index (χ1) is 11.2. The lowest BCUT2D eigenvalue weighted by molar-refractivity contribution is 0.0752. The smallest absolute Gasteiger partial charge is 0.255 e. The molecule has 4 nitrogen and oxygen atoms in total. The molecule has 1 aromatic heterocycles. The molecule has 3 rings (SSSR count). The molecule has 0 unspecified atom stereocenters. The van der Waals surface area contributed by atoms with Crippen molar-refractivity contribution in [3.63, 3.8) is 0 Å². The van der Waals surface area contributed by atoms with Crippen LogP contribution in [0.25, 0.3) is 0 Å². The van der Waals surface area contributed by atoms with Gasteiger partial charge in [0.1, 0.15) is 0 Å². The average Bonchev–Trinajstić information content (AvgIpc) is 2.80. The number of aliphatic hydroxyl groups is 1. The third-order valence-corrected chi connectivity index (χ3v) is 4.28. The van der Waals surface area contributed by atoms with E-state index in [2.05, 4.69) is 17.1 Å². The van der Waals surface area contributed by atoms with Gasteiger partial charge in [-0.05, 0) is 37.0 Å². The van der Waals surface area contributed by atoms with E-state index in [1.807, 2.05) is 35.2 Å². The number of aliphatic hydroxyl groups excluding tert-OH is 1. The van der Waals surface area contributed by atoms with Crippen LogP contribution in [0.5, 0.6) is 0 Å². The van der Waals surface area contributed by atoms with Crippen LogP contribution >= 0.6 is 0 Å². The summed E-state index contributed by atoms with van der Waals surface area (Å²) < 4.78 is 0. The summed E-state index contributed by atoms with van der Waals surface area (Å²) in [5.41, 5.74) is 2.79. The van der Waals surface area contributed by atoms with Crippen LogP contribution in [0.15, 0.2) is 48.7 Å². The number of hydrogen-bond donors (Lipinski definition) is 1. The van der Waals surface area contributed by atoms with Gasteiger partial charge < -0.3 is 10.0 Å². The van der Waals surface area contributed by atoms with Crippen molar-refractivity contribution in [3.8, 4) is 0 Å². The zero-order valence-corrected chi connectivity index (χ0v) is 13.2. The minimum absolute atomic E-state index is 0.0119. The summed E-state index contributed by atoms with van der Waals surface area (Å²) in [5, 5.41) is 9.69. The summed E-state index contributed by atoms with van der Waals surface area (Å²) in [5.74, 6) is 0.0119. The van der Waals surface area contributed by atoms with Crippen molar-refractivity contribution >= 4 is 5.91 Å². The molecule has 4 heteroatoms. The summed E-state index contributed by atoms with van der Waals surface area (Å²) >= 11 is 0. The maximum Gasteiger partial charge on any atom is 0.255 e. The van der Waals surface area contributed by atoms with E-state index >= 15 is 0 Å². The van der Waals surface area contributed by atoms with Crippen LogP contribution in [-0.4, -0.2) is 40.1 Å². The molecule has 1 atom stereocenters. The summed E-state index contributed by atoms with van der Waals surface area (Å²) in [6.45, 7) is 1.33. The topological polar surface area (TPSA) is 53.4 Å². The lowest BCUT2D eigenvalue weighted by Gasteiger charge is -2.20. The van der Waals surface area contributed by atoms with Gasteiger partial charge in [-0.15, -0.1) is 0 Å². The van der Waals surface area contributed by atoms with Crippen molar-refractivity contribution in [2.45, 2.75) is 31.8 Å². The minimum atomic E-state index is -0.279. The normalized spacial score (nSPS) is 18.5. The van der Waals surface area contributed by atoms with Crippen LogP contribution < -0.4 is 0 Å². The zero-order valence-electron chi connectivity index (χ0n) is 13.2. The number of aromatic nitrogens is 1. The Hall–Kier alpha value is -2.20. The molecule has 1 fully saturated rings. The Kier molecular flexibility index (Phi) is 5.03. The van der Waals surface area contributed by atoms with E-state index in [1.165, 1.54) is 5.56 Å². The Morgan fingerprint density at radius 3 is 2.70 bits per heavy atom. The molecule has 0 aliphatic carbocycles. The van der Waals surface area contributed by atoms with Gasteiger partial charge in [0.05, 0.1) is 11.7 Å². The molecular formula is C19H22N2O2. The molecule has 1 N–H and O–H groups in total. The number of amides is 1. The van der Waals surface area contributed by atoms with Gasteiger partial charge in [0, 0.05) is 31.4 Å². The zero-order chi connectivity index (χ0) is 16.1. The molecule has 0 saturated carbocycles. The number of carbonyl (C=O) groups excluding carboxylic acids is 1. The van der Waals surface area contributed by atoms with Crippen molar-refractivity contribution in [3.05, 3.63) is 65.5 Å². The van der Waals surface area contributed by atoms with Gasteiger partial charge in [0.2, 0.25) is 0 Å². The summed E-state index contributed by atoms with van der Waals surface area (Å²) in [6, 6.07) is 14.0. The highest BCUT2D eigenvalue weighted by molar-refractivity contribution is 5.93. The molecule has 1 aliphatic heterocycles. The molecule has 120 valence electrons. The predicted octanol–water partition coefficient (Wildman–Crippen LogP) is 2.66. The number of benzene rings is 1. The number of pyridine rings is 1. The largest absolute Gasteiger partial charge is 0.393 e. The van der Waals surface area contributed by atoms with Gasteiger partial charge in [0.15, 0.2) is 0 Å². The highest BCUT2D eigenvalue weighted by Crippen LogP contribution is 2.14. The minimum Gasteiger partial charge on any atom is -0.393 e. The average molecular weight is 310 g/mol. The van der Waals surface area contributed by atoms with E-state index in [4.69, 9.17) is 0 Å². The third-order valence-electron chi connectivity index (χ3n) is 4.28. The van der Waals surface area contributed by atoms with Crippen LogP contribution in [0.2, 0.25) is 0 Å². The molecule has 1 aromatic carbocycles. The second-order valence-corrected chi connectivity index (χ2v) is 6.08. The first kappa shape index (κ1) is 15.7. The number of carbonyl (C=O) groups is 1. The Bertz CT molecular complexity index is 640. The number of rotatable bonds is 3. The molecule has 1 amide bonds. The molecule has 23 heavy (non-hydrogen) atoms. The molecule has 0 radical (unpaired) electrons. The van der Waals surface area contributed by atoms with Gasteiger partial charge in [-0.3, -0.25) is 9.78 Å². The molecular weight excluding hydrogens is 288 g/mol. The number of likely N-dealkylation sites (tertiary alicyclic amines) is 1. The van der Waals surface area contributed by atoms with Gasteiger partial charge in [-0.1, -0.05) is 30.3 Å². The van der Waals surface area contributed by atoms with E-state index in [9.17, 15) is 9.90 Å². The lowest BCUT2D eigenvalue weighted by Crippen LogP contribution is -2.32. The first-order valence-electron chi connectivity index (χ1n) is 8.18. The SMILES string of the molecule is O=C(c1ccc(Cc2ccccc2)nc1)N1CCC[C@@H](O)CC1. The Morgan fingerprint density at radius 1 is 1.13 bits per heavy atom. The highest BCUT2D eigenvalue weighted by atomic mass is 16.3. The van der Waals surface area contributed by atoms with Crippen LogP contribution in [0.1, 0.15) is 40.9 Å². The fourth-order valence-electron chi connectivity index (χ4n) is 2.93. The lowest BCUT2D eigenvalue weighted by atomic mass is 10.1. The van der Waals surface area contributed by atoms with Gasteiger partial charge in [-0.2, -0.15) is 0 Å². The van der Waals surface area contributed by atoms with E-state index in [1.54, 1.807) is 6.20 Å². The molecule has 2 heterocycles. The van der Waals surface area contributed by atoms with Crippen LogP contribution in [0, 0.1) is 0 Å². The Balaban J connectivity index is 1.65. The number of hydrogen-bond acceptors (Lipinski definition) is 3. The van der Waals surface area contributed by atoms with Gasteiger partial charge in [-0.25, -0.2) is 0 Å². The van der Waals surface area contributed by atoms with Crippen LogP contribution in [0.4, 0.5) is 0 Å². The Morgan fingerprint density at radius 2 is 1.96 bits per heavy atom. The van der Waals surface area contributed by atoms with Crippen molar-refractivity contribution in [1.29, 1.82) is 0 Å². The maximum atomic E-state index is 12.5. The van der Waals surface area contributed by atoms with Crippen molar-refractivity contribution < 1.29 is 9.90 Å². The third kappa shape index (κ3) is 4.17. The van der Waals surface area contributed by atoms with E-state index in [-0.39, 0.29) is 12.0 Å². The van der Waals surface area contributed by atoms with E-state index in [0.29, 0.717) is 25.1 Å². The molecule has 1 aliphatic rings. The molecule has 0 bridgehead atoms. The summed E-state index contributed by atoms with van der Waals surface area (Å²) in [7, 11) is 0. The second-order valence-electron chi connectivity index (χ2n) is 6.08. The first-order valence-corrected chi connectivity index (χ1v) is 8.18. The maximum absolute atomic E-state index is 12.5. The molecule has 2 aromatic rings. The van der Waals surface area contributed by atoms with E-state index < -0.39 is 0 Å². The van der Waals surface area contributed by atoms with E-state index in [0.717, 1.165) is 25.0 Å². The van der Waals surface area contributed by atoms with Crippen molar-refractivity contribution in [2.75, 3.05) is 13.1 Å². The summed E-state index contributed by atoms with van der Waals surface area (Å²) in [6.07, 6.45) is 4.45. The number of nitrogens with zero attached hydrogens (tertiary/aromatic N) is 2. The monoisotopic (exact) mass is 310 g/mol. The predicted molar refractivity (Wildman–Crippen MR) is 89.2 cm³/mol. The summed E-state index contributed by atoms with van der Waals surface area (Å²) in [4.78, 5) is 18.8. The van der Waals surface area contributed by atoms with Crippen molar-refractivity contribution in [2.24, 2.45) is 0 Å². The Labute approximate surface area is 136 Å². The second kappa shape index (κ2) is 7.38. The quantitative estimate of drug-likeness (QED) is 0.948. The van der Waals surface area contributed by atoms with Crippen molar-refractivity contribution in [1.82, 2.24) is 9.88 Å². The fourth-order valence-corrected chi connectivity index (χ4v) is 2.93. The standard InChI is InChI=1S/C19H22N2O2/c22-18-7-4-11-21(12-10-18)19(23)16-8-9-17(20-14-16)13-15-5-2-1-3-6-15/h1-3,5-6,8-9,14,18,22H,4,7,10-13H2/t18-/m1/s1. The molecule has 0 spiro atoms. The molecule has 1 saturated heterocycles. The van der Waals surface area contributed by atoms with Gasteiger partial charge in [0.25, 0.3) is 5.91 Å². The highest BCUT2D eigenvalue weighted by Gasteiger charge is 2.20. The van der Waals surface area contributed by atoms with Crippen LogP contribution in [0.3, 0.4) is 0 Å². The fraction of sp³-hybridized carbons (Fsp3) is 0.368. The van der Waals surface area contributed by atoms with Gasteiger partial charge >= 0.3 is 0 Å². The van der Waals surface area contributed by atoms with Crippen LogP contribution in [-0.2, 0) is 6.42 Å².